The molecule has 28 heavy (non-hydrogen) atoms. The molecule has 0 unspecified atom stereocenters. The largest absolute Gasteiger partial charge is 0.328 e. The summed E-state index contributed by atoms with van der Waals surface area (Å²) < 4.78 is 1.79. The Hall–Kier alpha value is -2.44. The maximum Gasteiger partial charge on any atom is 0.279 e. The topological polar surface area (TPSA) is 63.5 Å². The van der Waals surface area contributed by atoms with Gasteiger partial charge in [0, 0.05) is 12.6 Å². The van der Waals surface area contributed by atoms with Gasteiger partial charge < -0.3 is 10.6 Å². The molecule has 0 radical (unpaired) electrons. The van der Waals surface area contributed by atoms with Crippen molar-refractivity contribution in [2.24, 2.45) is 7.05 Å². The summed E-state index contributed by atoms with van der Waals surface area (Å²) in [7, 11) is 1.89. The Kier molecular flexibility index (Phi) is 6.65. The molecule has 1 atom stereocenters. The number of rotatable bonds is 8. The normalized spacial score (nSPS) is 12.1. The van der Waals surface area contributed by atoms with E-state index in [-0.39, 0.29) is 11.9 Å². The van der Waals surface area contributed by atoms with Crippen LogP contribution in [0.4, 0.5) is 5.69 Å². The van der Waals surface area contributed by atoms with Gasteiger partial charge in [-0.2, -0.15) is 5.10 Å². The molecule has 0 saturated carbocycles. The zero-order valence-electron chi connectivity index (χ0n) is 17.0. The number of anilines is 1. The van der Waals surface area contributed by atoms with Gasteiger partial charge in [-0.25, -0.2) is 0 Å². The number of hydrogen-bond donors (Lipinski definition) is 2. The summed E-state index contributed by atoms with van der Waals surface area (Å²) in [6.45, 7) is 6.43. The van der Waals surface area contributed by atoms with Crippen LogP contribution in [-0.4, -0.2) is 22.2 Å². The Morgan fingerprint density at radius 2 is 2.00 bits per heavy atom. The first kappa shape index (κ1) is 20.3. The lowest BCUT2D eigenvalue weighted by Crippen LogP contribution is -2.87. The molecule has 0 spiro atoms. The standard InChI is InChI=1S/C22H28N4OS/c1-5-7-17-9-11-18(12-10-17)22(19-8-6-13-28-19)23-14-20(27)24-21-15(2)25-26(4)16(21)3/h6,8-13,22-23H,5,7,14H2,1-4H3,(H,24,27)/p+1/t22-/m1/s1. The Balaban J connectivity index is 1.71. The second-order valence-corrected chi connectivity index (χ2v) is 8.12. The third-order valence-corrected chi connectivity index (χ3v) is 6.00. The second kappa shape index (κ2) is 9.17. The number of carbonyl (C=O) groups is 1. The van der Waals surface area contributed by atoms with Crippen LogP contribution in [0, 0.1) is 13.8 Å². The number of aromatic nitrogens is 2. The van der Waals surface area contributed by atoms with Gasteiger partial charge in [-0.05, 0) is 37.3 Å². The fourth-order valence-corrected chi connectivity index (χ4v) is 4.29. The number of quaternary nitrogens is 1. The van der Waals surface area contributed by atoms with Gasteiger partial charge in [-0.3, -0.25) is 9.48 Å². The van der Waals surface area contributed by atoms with Crippen molar-refractivity contribution < 1.29 is 10.1 Å². The molecule has 1 aromatic carbocycles. The molecule has 6 heteroatoms. The number of nitrogens with one attached hydrogen (secondary N) is 1. The van der Waals surface area contributed by atoms with Crippen LogP contribution in [0.15, 0.2) is 41.8 Å². The predicted octanol–water partition coefficient (Wildman–Crippen LogP) is 3.34. The Labute approximate surface area is 170 Å². The van der Waals surface area contributed by atoms with Crippen LogP contribution >= 0.6 is 11.3 Å². The number of aryl methyl sites for hydroxylation is 3. The lowest BCUT2D eigenvalue weighted by atomic mass is 10.0. The summed E-state index contributed by atoms with van der Waals surface area (Å²) in [5, 5.41) is 11.6. The van der Waals surface area contributed by atoms with Crippen LogP contribution in [0.3, 0.4) is 0 Å². The molecular formula is C22H29N4OS+. The first-order valence-electron chi connectivity index (χ1n) is 9.75. The van der Waals surface area contributed by atoms with Crippen LogP contribution in [0.2, 0.25) is 0 Å². The third kappa shape index (κ3) is 4.69. The highest BCUT2D eigenvalue weighted by molar-refractivity contribution is 7.10. The van der Waals surface area contributed by atoms with Gasteiger partial charge in [0.2, 0.25) is 0 Å². The molecule has 2 aromatic heterocycles. The van der Waals surface area contributed by atoms with Gasteiger partial charge in [-0.1, -0.05) is 43.7 Å². The van der Waals surface area contributed by atoms with Crippen molar-refractivity contribution in [3.05, 3.63) is 69.2 Å². The van der Waals surface area contributed by atoms with Crippen LogP contribution < -0.4 is 10.6 Å². The number of hydrogen-bond acceptors (Lipinski definition) is 3. The number of amides is 1. The molecule has 0 aliphatic carbocycles. The minimum Gasteiger partial charge on any atom is -0.328 e. The van der Waals surface area contributed by atoms with Crippen molar-refractivity contribution in [2.45, 2.75) is 39.7 Å². The molecule has 0 saturated heterocycles. The predicted molar refractivity (Wildman–Crippen MR) is 115 cm³/mol. The van der Waals surface area contributed by atoms with Crippen molar-refractivity contribution in [3.8, 4) is 0 Å². The summed E-state index contributed by atoms with van der Waals surface area (Å²) in [5.74, 6) is -0.0108. The van der Waals surface area contributed by atoms with Crippen LogP contribution in [-0.2, 0) is 18.3 Å². The van der Waals surface area contributed by atoms with Crippen molar-refractivity contribution in [2.75, 3.05) is 11.9 Å². The van der Waals surface area contributed by atoms with Crippen LogP contribution in [0.1, 0.15) is 46.8 Å². The number of nitrogens with two attached hydrogens (primary N) is 1. The average Bonchev–Trinajstić information content (AvgIpc) is 3.28. The second-order valence-electron chi connectivity index (χ2n) is 7.14. The molecule has 0 fully saturated rings. The summed E-state index contributed by atoms with van der Waals surface area (Å²) in [6, 6.07) is 13.1. The van der Waals surface area contributed by atoms with E-state index in [1.54, 1.807) is 16.0 Å². The summed E-state index contributed by atoms with van der Waals surface area (Å²) in [6.07, 6.45) is 2.24. The smallest absolute Gasteiger partial charge is 0.279 e. The monoisotopic (exact) mass is 397 g/mol. The fraction of sp³-hybridized carbons (Fsp3) is 0.364. The van der Waals surface area contributed by atoms with Gasteiger partial charge in [0.25, 0.3) is 5.91 Å². The fourth-order valence-electron chi connectivity index (χ4n) is 3.43. The van der Waals surface area contributed by atoms with Crippen LogP contribution in [0.5, 0.6) is 0 Å². The highest BCUT2D eigenvalue weighted by atomic mass is 32.1. The summed E-state index contributed by atoms with van der Waals surface area (Å²) in [5.41, 5.74) is 5.21. The van der Waals surface area contributed by atoms with E-state index in [1.165, 1.54) is 16.0 Å². The number of benzene rings is 1. The summed E-state index contributed by atoms with van der Waals surface area (Å²) >= 11 is 1.73. The van der Waals surface area contributed by atoms with E-state index in [0.717, 1.165) is 29.9 Å². The molecule has 5 nitrogen and oxygen atoms in total. The van der Waals surface area contributed by atoms with E-state index >= 15 is 0 Å². The molecule has 2 heterocycles. The lowest BCUT2D eigenvalue weighted by Gasteiger charge is -2.15. The van der Waals surface area contributed by atoms with Crippen molar-refractivity contribution in [1.29, 1.82) is 0 Å². The first-order valence-corrected chi connectivity index (χ1v) is 10.6. The molecule has 0 bridgehead atoms. The van der Waals surface area contributed by atoms with Gasteiger partial charge in [0.15, 0.2) is 6.54 Å². The molecule has 148 valence electrons. The van der Waals surface area contributed by atoms with E-state index in [0.29, 0.717) is 6.54 Å². The Morgan fingerprint density at radius 3 is 2.57 bits per heavy atom. The molecule has 3 aromatic rings. The van der Waals surface area contributed by atoms with Crippen molar-refractivity contribution >= 4 is 22.9 Å². The van der Waals surface area contributed by atoms with Crippen molar-refractivity contribution in [3.63, 3.8) is 0 Å². The molecule has 0 aliphatic heterocycles. The minimum absolute atomic E-state index is 0.0108. The van der Waals surface area contributed by atoms with E-state index in [4.69, 9.17) is 0 Å². The number of carbonyl (C=O) groups excluding carboxylic acids is 1. The Morgan fingerprint density at radius 1 is 1.25 bits per heavy atom. The van der Waals surface area contributed by atoms with Gasteiger partial charge in [0.05, 0.1) is 22.0 Å². The third-order valence-electron chi connectivity index (χ3n) is 5.04. The molecule has 0 aliphatic rings. The number of thiophene rings is 1. The van der Waals surface area contributed by atoms with E-state index in [9.17, 15) is 4.79 Å². The quantitative estimate of drug-likeness (QED) is 0.612. The molecule has 3 rings (SSSR count). The average molecular weight is 398 g/mol. The lowest BCUT2D eigenvalue weighted by molar-refractivity contribution is -0.675. The summed E-state index contributed by atoms with van der Waals surface area (Å²) in [4.78, 5) is 13.8. The molecule has 3 N–H and O–H groups in total. The van der Waals surface area contributed by atoms with Gasteiger partial charge in [0.1, 0.15) is 6.04 Å². The first-order chi connectivity index (χ1) is 13.5. The molecule has 1 amide bonds. The van der Waals surface area contributed by atoms with Crippen LogP contribution in [0.25, 0.3) is 0 Å². The minimum atomic E-state index is -0.0108. The maximum absolute atomic E-state index is 12.6. The number of nitrogens with zero attached hydrogens (tertiary/aromatic N) is 2. The van der Waals surface area contributed by atoms with E-state index in [1.807, 2.05) is 20.9 Å². The highest BCUT2D eigenvalue weighted by Crippen LogP contribution is 2.23. The highest BCUT2D eigenvalue weighted by Gasteiger charge is 2.21. The van der Waals surface area contributed by atoms with E-state index in [2.05, 4.69) is 64.4 Å². The van der Waals surface area contributed by atoms with Crippen molar-refractivity contribution in [1.82, 2.24) is 9.78 Å². The maximum atomic E-state index is 12.6. The zero-order chi connectivity index (χ0) is 20.1. The Bertz CT molecular complexity index is 913. The molecular weight excluding hydrogens is 368 g/mol. The zero-order valence-corrected chi connectivity index (χ0v) is 17.8. The van der Waals surface area contributed by atoms with Gasteiger partial charge >= 0.3 is 0 Å². The SMILES string of the molecule is CCCc1ccc([C@@H]([NH2+]CC(=O)Nc2c(C)nn(C)c2C)c2cccs2)cc1. The van der Waals surface area contributed by atoms with Gasteiger partial charge in [-0.15, -0.1) is 11.3 Å². The van der Waals surface area contributed by atoms with E-state index < -0.39 is 0 Å².